The summed E-state index contributed by atoms with van der Waals surface area (Å²) < 4.78 is 1.44. The molecule has 0 saturated carbocycles. The summed E-state index contributed by atoms with van der Waals surface area (Å²) in [5.41, 5.74) is 3.68. The second-order valence-corrected chi connectivity index (χ2v) is 5.12. The molecule has 0 bridgehead atoms. The van der Waals surface area contributed by atoms with Gasteiger partial charge in [0.05, 0.1) is 17.6 Å². The Morgan fingerprint density at radius 1 is 1.13 bits per heavy atom. The fourth-order valence-corrected chi connectivity index (χ4v) is 2.24. The van der Waals surface area contributed by atoms with Gasteiger partial charge in [0.1, 0.15) is 5.69 Å². The summed E-state index contributed by atoms with van der Waals surface area (Å²) in [7, 11) is 0. The van der Waals surface area contributed by atoms with Crippen molar-refractivity contribution in [2.75, 3.05) is 5.32 Å². The number of hydrogen-bond acceptors (Lipinski definition) is 5. The lowest BCUT2D eigenvalue weighted by Gasteiger charge is -2.12. The van der Waals surface area contributed by atoms with Crippen LogP contribution >= 0.6 is 0 Å². The number of rotatable bonds is 4. The van der Waals surface area contributed by atoms with E-state index >= 15 is 0 Å². The van der Waals surface area contributed by atoms with E-state index in [4.69, 9.17) is 0 Å². The maximum absolute atomic E-state index is 12.5. The zero-order valence-electron chi connectivity index (χ0n) is 13.0. The first-order valence-corrected chi connectivity index (χ1v) is 7.39. The molecule has 0 radical (unpaired) electrons. The summed E-state index contributed by atoms with van der Waals surface area (Å²) in [5.74, 6) is 0. The second kappa shape index (κ2) is 6.39. The Bertz CT molecular complexity index is 874. The Balaban J connectivity index is 2.09. The van der Waals surface area contributed by atoms with Gasteiger partial charge in [0.15, 0.2) is 0 Å². The van der Waals surface area contributed by atoms with Crippen LogP contribution in [0.15, 0.2) is 53.8 Å². The Morgan fingerprint density at radius 3 is 2.65 bits per heavy atom. The highest BCUT2D eigenvalue weighted by atomic mass is 16.1. The Labute approximate surface area is 133 Å². The molecule has 0 aliphatic rings. The van der Waals surface area contributed by atoms with Gasteiger partial charge in [0.25, 0.3) is 5.56 Å². The van der Waals surface area contributed by atoms with E-state index in [2.05, 4.69) is 20.4 Å². The zero-order chi connectivity index (χ0) is 16.2. The molecule has 0 aromatic carbocycles. The van der Waals surface area contributed by atoms with Gasteiger partial charge < -0.3 is 5.32 Å². The molecule has 0 unspecified atom stereocenters. The first kappa shape index (κ1) is 14.9. The van der Waals surface area contributed by atoms with Gasteiger partial charge in [0.2, 0.25) is 0 Å². The SMILES string of the molecule is CCn1nc(-c2cccnc2)cc(Nc2cnccc2C)c1=O. The highest BCUT2D eigenvalue weighted by Gasteiger charge is 2.10. The molecule has 0 amide bonds. The second-order valence-electron chi connectivity index (χ2n) is 5.12. The molecular weight excluding hydrogens is 290 g/mol. The molecule has 0 aliphatic heterocycles. The average Bonchev–Trinajstić information content (AvgIpc) is 2.59. The Kier molecular flexibility index (Phi) is 4.14. The van der Waals surface area contributed by atoms with Gasteiger partial charge in [-0.15, -0.1) is 0 Å². The number of aromatic nitrogens is 4. The van der Waals surface area contributed by atoms with Crippen LogP contribution in [0, 0.1) is 6.92 Å². The zero-order valence-corrected chi connectivity index (χ0v) is 13.0. The predicted octanol–water partition coefficient (Wildman–Crippen LogP) is 2.77. The van der Waals surface area contributed by atoms with E-state index in [1.807, 2.05) is 32.0 Å². The van der Waals surface area contributed by atoms with Crippen LogP contribution < -0.4 is 10.9 Å². The van der Waals surface area contributed by atoms with Gasteiger partial charge in [0, 0.05) is 30.7 Å². The molecule has 3 aromatic rings. The highest BCUT2D eigenvalue weighted by molar-refractivity contribution is 5.67. The molecule has 116 valence electrons. The van der Waals surface area contributed by atoms with Crippen molar-refractivity contribution in [2.24, 2.45) is 0 Å². The molecule has 0 saturated heterocycles. The summed E-state index contributed by atoms with van der Waals surface area (Å²) >= 11 is 0. The van der Waals surface area contributed by atoms with Crippen LogP contribution in [0.3, 0.4) is 0 Å². The van der Waals surface area contributed by atoms with Crippen LogP contribution in [0.2, 0.25) is 0 Å². The topological polar surface area (TPSA) is 72.7 Å². The fraction of sp³-hybridized carbons (Fsp3) is 0.176. The van der Waals surface area contributed by atoms with Crippen LogP contribution in [-0.2, 0) is 6.54 Å². The highest BCUT2D eigenvalue weighted by Crippen LogP contribution is 2.21. The van der Waals surface area contributed by atoms with E-state index in [0.717, 1.165) is 16.8 Å². The molecule has 3 aromatic heterocycles. The van der Waals surface area contributed by atoms with E-state index in [-0.39, 0.29) is 5.56 Å². The van der Waals surface area contributed by atoms with Gasteiger partial charge >= 0.3 is 0 Å². The fourth-order valence-electron chi connectivity index (χ4n) is 2.24. The van der Waals surface area contributed by atoms with Crippen molar-refractivity contribution in [2.45, 2.75) is 20.4 Å². The predicted molar refractivity (Wildman–Crippen MR) is 89.7 cm³/mol. The molecule has 0 atom stereocenters. The third-order valence-corrected chi connectivity index (χ3v) is 3.54. The van der Waals surface area contributed by atoms with Crippen LogP contribution in [-0.4, -0.2) is 19.7 Å². The monoisotopic (exact) mass is 307 g/mol. The number of aryl methyl sites for hydroxylation is 2. The van der Waals surface area contributed by atoms with Crippen molar-refractivity contribution < 1.29 is 0 Å². The molecule has 0 aliphatic carbocycles. The first-order valence-electron chi connectivity index (χ1n) is 7.39. The van der Waals surface area contributed by atoms with Gasteiger partial charge in [-0.3, -0.25) is 14.8 Å². The smallest absolute Gasteiger partial charge is 0.290 e. The quantitative estimate of drug-likeness (QED) is 0.802. The van der Waals surface area contributed by atoms with E-state index in [1.54, 1.807) is 30.9 Å². The lowest BCUT2D eigenvalue weighted by atomic mass is 10.2. The molecule has 0 fully saturated rings. The molecular formula is C17H17N5O. The first-order chi connectivity index (χ1) is 11.2. The lowest BCUT2D eigenvalue weighted by molar-refractivity contribution is 0.621. The molecule has 3 rings (SSSR count). The summed E-state index contributed by atoms with van der Waals surface area (Å²) in [6.45, 7) is 4.35. The van der Waals surface area contributed by atoms with Crippen molar-refractivity contribution in [3.63, 3.8) is 0 Å². The van der Waals surface area contributed by atoms with E-state index in [1.165, 1.54) is 4.68 Å². The van der Waals surface area contributed by atoms with E-state index in [9.17, 15) is 4.79 Å². The van der Waals surface area contributed by atoms with Crippen molar-refractivity contribution in [1.82, 2.24) is 19.7 Å². The van der Waals surface area contributed by atoms with E-state index < -0.39 is 0 Å². The number of nitrogens with one attached hydrogen (secondary N) is 1. The third kappa shape index (κ3) is 3.11. The summed E-state index contributed by atoms with van der Waals surface area (Å²) in [6, 6.07) is 7.40. The summed E-state index contributed by atoms with van der Waals surface area (Å²) in [6.07, 6.45) is 6.86. The van der Waals surface area contributed by atoms with E-state index in [0.29, 0.717) is 17.9 Å². The minimum absolute atomic E-state index is 0.164. The Hall–Kier alpha value is -3.02. The largest absolute Gasteiger partial charge is 0.349 e. The minimum atomic E-state index is -0.164. The van der Waals surface area contributed by atoms with Crippen LogP contribution in [0.5, 0.6) is 0 Å². The standard InChI is InChI=1S/C17H17N5O/c1-3-22-17(23)15(20-16-11-19-8-6-12(16)2)9-14(21-22)13-5-4-7-18-10-13/h4-11,20H,3H2,1-2H3. The van der Waals surface area contributed by atoms with Gasteiger partial charge in [-0.2, -0.15) is 5.10 Å². The van der Waals surface area contributed by atoms with Crippen LogP contribution in [0.4, 0.5) is 11.4 Å². The number of nitrogens with zero attached hydrogens (tertiary/aromatic N) is 4. The number of hydrogen-bond donors (Lipinski definition) is 1. The van der Waals surface area contributed by atoms with Crippen LogP contribution in [0.25, 0.3) is 11.3 Å². The maximum Gasteiger partial charge on any atom is 0.290 e. The summed E-state index contributed by atoms with van der Waals surface area (Å²) in [4.78, 5) is 20.7. The normalized spacial score (nSPS) is 10.5. The molecule has 23 heavy (non-hydrogen) atoms. The Morgan fingerprint density at radius 2 is 1.96 bits per heavy atom. The third-order valence-electron chi connectivity index (χ3n) is 3.54. The van der Waals surface area contributed by atoms with Gasteiger partial charge in [-0.05, 0) is 43.7 Å². The van der Waals surface area contributed by atoms with Crippen LogP contribution in [0.1, 0.15) is 12.5 Å². The molecule has 6 nitrogen and oxygen atoms in total. The van der Waals surface area contributed by atoms with Crippen molar-refractivity contribution in [3.8, 4) is 11.3 Å². The van der Waals surface area contributed by atoms with Crippen molar-refractivity contribution in [1.29, 1.82) is 0 Å². The number of pyridine rings is 2. The molecule has 0 spiro atoms. The summed E-state index contributed by atoms with van der Waals surface area (Å²) in [5, 5.41) is 7.56. The maximum atomic E-state index is 12.5. The average molecular weight is 307 g/mol. The molecule has 1 N–H and O–H groups in total. The van der Waals surface area contributed by atoms with Gasteiger partial charge in [-0.1, -0.05) is 0 Å². The molecule has 6 heteroatoms. The van der Waals surface area contributed by atoms with Crippen molar-refractivity contribution >= 4 is 11.4 Å². The minimum Gasteiger partial charge on any atom is -0.349 e. The number of anilines is 2. The lowest BCUT2D eigenvalue weighted by Crippen LogP contribution is -2.25. The van der Waals surface area contributed by atoms with Gasteiger partial charge in [-0.25, -0.2) is 4.68 Å². The molecule has 3 heterocycles. The van der Waals surface area contributed by atoms with Crippen molar-refractivity contribution in [3.05, 3.63) is 65.0 Å².